The molecule has 11 rings (SSSR count). The van der Waals surface area contributed by atoms with Gasteiger partial charge in [0, 0.05) is 49.4 Å². The van der Waals surface area contributed by atoms with E-state index in [-0.39, 0.29) is 36.1 Å². The zero-order valence-corrected chi connectivity index (χ0v) is 41.3. The molecule has 0 unspecified atom stereocenters. The summed E-state index contributed by atoms with van der Waals surface area (Å²) in [5.41, 5.74) is 14.9. The summed E-state index contributed by atoms with van der Waals surface area (Å²) in [4.78, 5) is 35.1. The van der Waals surface area contributed by atoms with Crippen molar-refractivity contribution in [1.82, 2.24) is 28.7 Å². The third-order valence-corrected chi connectivity index (χ3v) is 12.5. The number of aryl methyl sites for hydroxylation is 3. The van der Waals surface area contributed by atoms with Gasteiger partial charge >= 0.3 is 0 Å². The van der Waals surface area contributed by atoms with Crippen LogP contribution in [0.5, 0.6) is 0 Å². The van der Waals surface area contributed by atoms with Crippen LogP contribution in [0.3, 0.4) is 0 Å². The first-order valence-corrected chi connectivity index (χ1v) is 23.0. The van der Waals surface area contributed by atoms with E-state index in [2.05, 4.69) is 24.9 Å². The van der Waals surface area contributed by atoms with Gasteiger partial charge in [0.15, 0.2) is 5.78 Å². The second-order valence-corrected chi connectivity index (χ2v) is 17.5. The van der Waals surface area contributed by atoms with Crippen LogP contribution in [0, 0.1) is 38.2 Å². The van der Waals surface area contributed by atoms with Gasteiger partial charge in [0.2, 0.25) is 0 Å². The zero-order valence-electron chi connectivity index (χ0n) is 38.2. The van der Waals surface area contributed by atoms with Gasteiger partial charge in [-0.3, -0.25) is 28.5 Å². The Morgan fingerprint density at radius 1 is 0.521 bits per heavy atom. The first-order valence-electron chi connectivity index (χ1n) is 21.9. The van der Waals surface area contributed by atoms with Gasteiger partial charge in [-0.25, -0.2) is 28.1 Å². The van der Waals surface area contributed by atoms with Crippen LogP contribution in [-0.2, 0) is 19.6 Å². The number of carbonyl (C=O) groups is 1. The molecular formula is C54H42Cl4F3N9O. The van der Waals surface area contributed by atoms with E-state index in [4.69, 9.17) is 40.5 Å². The van der Waals surface area contributed by atoms with Crippen molar-refractivity contribution in [3.8, 4) is 17.1 Å². The maximum absolute atomic E-state index is 14.3. The number of rotatable bonds is 6. The fraction of sp³-hybridized carbons (Fsp3) is 0.111. The quantitative estimate of drug-likeness (QED) is 0.166. The first-order chi connectivity index (χ1) is 33.8. The summed E-state index contributed by atoms with van der Waals surface area (Å²) in [5, 5.41) is 1.58. The molecule has 0 radical (unpaired) electrons. The van der Waals surface area contributed by atoms with Crippen LogP contribution in [0.4, 0.5) is 13.2 Å². The van der Waals surface area contributed by atoms with E-state index in [1.54, 1.807) is 53.2 Å². The summed E-state index contributed by atoms with van der Waals surface area (Å²) in [5.74, 6) is 0.816. The van der Waals surface area contributed by atoms with Crippen molar-refractivity contribution in [2.45, 2.75) is 40.4 Å². The van der Waals surface area contributed by atoms with E-state index in [9.17, 15) is 18.0 Å². The van der Waals surface area contributed by atoms with Crippen LogP contribution >= 0.6 is 47.2 Å². The third kappa shape index (κ3) is 10.1. The Morgan fingerprint density at radius 2 is 0.944 bits per heavy atom. The summed E-state index contributed by atoms with van der Waals surface area (Å²) < 4.78 is 48.5. The smallest absolute Gasteiger partial charge is 0.198 e. The Kier molecular flexibility index (Phi) is 15.2. The van der Waals surface area contributed by atoms with Gasteiger partial charge in [0.1, 0.15) is 34.9 Å². The van der Waals surface area contributed by atoms with Crippen LogP contribution in [0.25, 0.3) is 17.1 Å². The largest absolute Gasteiger partial charge is 0.325 e. The number of halogens is 7. The Morgan fingerprint density at radius 3 is 1.42 bits per heavy atom. The van der Waals surface area contributed by atoms with Gasteiger partial charge in [-0.15, -0.1) is 12.4 Å². The van der Waals surface area contributed by atoms with Gasteiger partial charge in [0.05, 0.1) is 82.8 Å². The molecule has 71 heavy (non-hydrogen) atoms. The highest BCUT2D eigenvalue weighted by atomic mass is 35.5. The highest BCUT2D eigenvalue weighted by Gasteiger charge is 2.25. The second-order valence-electron chi connectivity index (χ2n) is 16.2. The molecule has 2 aliphatic rings. The average molecular weight is 1030 g/mol. The maximum Gasteiger partial charge on any atom is 0.198 e. The molecule has 0 atom stereocenters. The number of hydrogen-bond donors (Lipinski definition) is 1. The zero-order chi connectivity index (χ0) is 49.2. The molecule has 5 heterocycles. The first kappa shape index (κ1) is 50.3. The molecule has 2 N–H and O–H groups in total. The van der Waals surface area contributed by atoms with Gasteiger partial charge in [0.25, 0.3) is 0 Å². The summed E-state index contributed by atoms with van der Waals surface area (Å²) in [6, 6.07) is 35.3. The van der Waals surface area contributed by atoms with Crippen molar-refractivity contribution >= 4 is 64.4 Å². The predicted octanol–water partition coefficient (Wildman–Crippen LogP) is 12.7. The molecule has 0 spiro atoms. The monoisotopic (exact) mass is 1030 g/mol. The molecule has 0 bridgehead atoms. The summed E-state index contributed by atoms with van der Waals surface area (Å²) in [6.07, 6.45) is 5.27. The molecule has 358 valence electrons. The fourth-order valence-electron chi connectivity index (χ4n) is 8.55. The average Bonchev–Trinajstić information content (AvgIpc) is 3.97. The predicted molar refractivity (Wildman–Crippen MR) is 276 cm³/mol. The normalized spacial score (nSPS) is 12.1. The molecular weight excluding hydrogens is 989 g/mol. The van der Waals surface area contributed by atoms with E-state index in [0.717, 1.165) is 51.2 Å². The standard InChI is InChI=1S/C18H15ClFN3O.2C18H13ClFN3.ClH/c1-11-22-10-13(9-21)23(11)17-7-6-12(19)8-15(17)18(24)14-4-2-3-5-16(14)20;2*1-11-21-9-13-10-22-18(14-4-2-3-5-16(14)20)15-8-12(19)6-7-17(15)23(11)13;/h2-8,10H,9,21H2,1H3;2*2-9H,10H2,1H3;1H. The Hall–Kier alpha value is -7.13. The van der Waals surface area contributed by atoms with E-state index < -0.39 is 11.6 Å². The lowest BCUT2D eigenvalue weighted by molar-refractivity contribution is 0.103. The number of imidazole rings is 3. The molecule has 2 aliphatic heterocycles. The van der Waals surface area contributed by atoms with Crippen LogP contribution < -0.4 is 5.73 Å². The number of fused-ring (bicyclic) bond motifs is 6. The van der Waals surface area contributed by atoms with E-state index in [1.165, 1.54) is 36.4 Å². The minimum Gasteiger partial charge on any atom is -0.325 e. The van der Waals surface area contributed by atoms with E-state index >= 15 is 0 Å². The number of nitrogens with two attached hydrogens (primary N) is 1. The van der Waals surface area contributed by atoms with Gasteiger partial charge < -0.3 is 5.73 Å². The van der Waals surface area contributed by atoms with Crippen molar-refractivity contribution in [1.29, 1.82) is 0 Å². The number of aromatic nitrogens is 6. The SMILES string of the molecule is Cc1ncc(CN)n1-c1ccc(Cl)cc1C(=O)c1ccccc1F.Cc1ncc2n1-c1ccc(Cl)cc1C(c1ccccc1F)=NC2.Cc1ncc2n1-c1ccc(Cl)cc1C(c1ccccc1F)=NC2.Cl. The summed E-state index contributed by atoms with van der Waals surface area (Å²) in [7, 11) is 0. The van der Waals surface area contributed by atoms with Crippen LogP contribution in [-0.4, -0.2) is 45.9 Å². The lowest BCUT2D eigenvalue weighted by atomic mass is 10.00. The Bertz CT molecular complexity index is 3390. The summed E-state index contributed by atoms with van der Waals surface area (Å²) >= 11 is 18.4. The number of nitrogens with zero attached hydrogens (tertiary/aromatic N) is 8. The highest BCUT2D eigenvalue weighted by molar-refractivity contribution is 6.32. The lowest BCUT2D eigenvalue weighted by Crippen LogP contribution is -2.13. The topological polar surface area (TPSA) is 121 Å². The number of benzene rings is 6. The maximum atomic E-state index is 14.3. The lowest BCUT2D eigenvalue weighted by Gasteiger charge is -2.14. The Balaban J connectivity index is 0.000000142. The van der Waals surface area contributed by atoms with Crippen molar-refractivity contribution in [3.63, 3.8) is 0 Å². The van der Waals surface area contributed by atoms with E-state index in [0.29, 0.717) is 67.8 Å². The Labute approximate surface area is 428 Å². The molecule has 3 aromatic heterocycles. The van der Waals surface area contributed by atoms with Crippen molar-refractivity contribution in [3.05, 3.63) is 246 Å². The molecule has 0 aliphatic carbocycles. The van der Waals surface area contributed by atoms with E-state index in [1.807, 2.05) is 90.8 Å². The molecule has 6 aromatic carbocycles. The second kappa shape index (κ2) is 21.5. The van der Waals surface area contributed by atoms with Crippen molar-refractivity contribution in [2.24, 2.45) is 15.7 Å². The highest BCUT2D eigenvalue weighted by Crippen LogP contribution is 2.32. The minimum atomic E-state index is -0.574. The van der Waals surface area contributed by atoms with Gasteiger partial charge in [-0.1, -0.05) is 71.2 Å². The van der Waals surface area contributed by atoms with Crippen LogP contribution in [0.15, 0.2) is 156 Å². The number of ketones is 1. The molecule has 0 saturated carbocycles. The van der Waals surface area contributed by atoms with Crippen LogP contribution in [0.1, 0.15) is 72.7 Å². The molecule has 0 saturated heterocycles. The van der Waals surface area contributed by atoms with Crippen LogP contribution in [0.2, 0.25) is 15.1 Å². The molecule has 17 heteroatoms. The number of hydrogen-bond acceptors (Lipinski definition) is 7. The number of carbonyl (C=O) groups excluding carboxylic acids is 1. The van der Waals surface area contributed by atoms with Gasteiger partial charge in [-0.2, -0.15) is 0 Å². The fourth-order valence-corrected chi connectivity index (χ4v) is 9.06. The molecule has 0 fully saturated rings. The third-order valence-electron chi connectivity index (χ3n) is 11.8. The summed E-state index contributed by atoms with van der Waals surface area (Å²) in [6.45, 7) is 6.83. The van der Waals surface area contributed by atoms with Crippen molar-refractivity contribution in [2.75, 3.05) is 0 Å². The molecule has 10 nitrogen and oxygen atoms in total. The van der Waals surface area contributed by atoms with Crippen molar-refractivity contribution < 1.29 is 18.0 Å². The molecule has 0 amide bonds. The molecule has 9 aromatic rings. The van der Waals surface area contributed by atoms with Gasteiger partial charge in [-0.05, 0) is 112 Å². The minimum absolute atomic E-state index is 0. The number of aliphatic imine (C=N–C) groups is 2.